The van der Waals surface area contributed by atoms with Crippen molar-refractivity contribution in [2.45, 2.75) is 26.2 Å². The first-order chi connectivity index (χ1) is 11.6. The van der Waals surface area contributed by atoms with E-state index < -0.39 is 11.6 Å². The lowest BCUT2D eigenvalue weighted by Crippen LogP contribution is -2.11. The molecule has 0 radical (unpaired) electrons. The van der Waals surface area contributed by atoms with E-state index >= 15 is 0 Å². The molecule has 1 amide bonds. The van der Waals surface area contributed by atoms with Crippen LogP contribution in [0.15, 0.2) is 42.6 Å². The van der Waals surface area contributed by atoms with Gasteiger partial charge in [-0.25, -0.2) is 8.78 Å². The molecular weight excluding hydrogens is 310 g/mol. The predicted octanol–water partition coefficient (Wildman–Crippen LogP) is 5.04. The van der Waals surface area contributed by atoms with Crippen molar-refractivity contribution in [1.29, 1.82) is 0 Å². The number of rotatable bonds is 5. The smallest absolute Gasteiger partial charge is 0.255 e. The van der Waals surface area contributed by atoms with E-state index in [0.717, 1.165) is 31.4 Å². The Hall–Kier alpha value is -2.69. The second-order valence-corrected chi connectivity index (χ2v) is 5.77. The minimum absolute atomic E-state index is 0.289. The van der Waals surface area contributed by atoms with Gasteiger partial charge in [-0.15, -0.1) is 0 Å². The zero-order valence-electron chi connectivity index (χ0n) is 13.3. The van der Waals surface area contributed by atoms with Crippen molar-refractivity contribution in [2.75, 3.05) is 5.32 Å². The normalized spacial score (nSPS) is 11.0. The maximum atomic E-state index is 13.4. The van der Waals surface area contributed by atoms with E-state index in [0.29, 0.717) is 22.2 Å². The van der Waals surface area contributed by atoms with Gasteiger partial charge in [0, 0.05) is 23.2 Å². The lowest BCUT2D eigenvalue weighted by atomic mass is 10.1. The molecule has 0 spiro atoms. The van der Waals surface area contributed by atoms with Crippen LogP contribution in [-0.4, -0.2) is 10.9 Å². The summed E-state index contributed by atoms with van der Waals surface area (Å²) in [7, 11) is 0. The SMILES string of the molecule is CCCCc1ccc(C(=O)Nc2c[nH]c3cc(F)c(F)cc23)cc1. The van der Waals surface area contributed by atoms with Crippen LogP contribution in [-0.2, 0) is 6.42 Å². The summed E-state index contributed by atoms with van der Waals surface area (Å²) in [5, 5.41) is 3.16. The van der Waals surface area contributed by atoms with Gasteiger partial charge in [-0.1, -0.05) is 25.5 Å². The quantitative estimate of drug-likeness (QED) is 0.677. The van der Waals surface area contributed by atoms with E-state index in [4.69, 9.17) is 0 Å². The number of aromatic nitrogens is 1. The molecule has 0 bridgehead atoms. The van der Waals surface area contributed by atoms with Crippen LogP contribution in [0.1, 0.15) is 35.7 Å². The maximum absolute atomic E-state index is 13.4. The number of benzene rings is 2. The molecule has 3 nitrogen and oxygen atoms in total. The molecule has 1 aromatic heterocycles. The number of H-pyrrole nitrogens is 1. The summed E-state index contributed by atoms with van der Waals surface area (Å²) in [5.74, 6) is -2.16. The summed E-state index contributed by atoms with van der Waals surface area (Å²) in [6, 6.07) is 9.57. The molecule has 124 valence electrons. The molecule has 3 rings (SSSR count). The Labute approximate surface area is 138 Å². The lowest BCUT2D eigenvalue weighted by molar-refractivity contribution is 0.102. The number of halogens is 2. The fraction of sp³-hybridized carbons (Fsp3) is 0.211. The Morgan fingerprint density at radius 1 is 1.12 bits per heavy atom. The second-order valence-electron chi connectivity index (χ2n) is 5.77. The van der Waals surface area contributed by atoms with Gasteiger partial charge in [0.1, 0.15) is 0 Å². The van der Waals surface area contributed by atoms with Gasteiger partial charge in [0.2, 0.25) is 0 Å². The van der Waals surface area contributed by atoms with E-state index in [2.05, 4.69) is 17.2 Å². The molecule has 24 heavy (non-hydrogen) atoms. The number of hydrogen-bond donors (Lipinski definition) is 2. The van der Waals surface area contributed by atoms with Gasteiger partial charge in [0.05, 0.1) is 11.2 Å². The number of nitrogens with one attached hydrogen (secondary N) is 2. The molecule has 0 aliphatic rings. The van der Waals surface area contributed by atoms with Crippen molar-refractivity contribution in [1.82, 2.24) is 4.98 Å². The van der Waals surface area contributed by atoms with Gasteiger partial charge in [-0.05, 0) is 36.6 Å². The number of fused-ring (bicyclic) bond motifs is 1. The third kappa shape index (κ3) is 3.30. The molecule has 0 aliphatic carbocycles. The molecule has 2 N–H and O–H groups in total. The second kappa shape index (κ2) is 6.83. The van der Waals surface area contributed by atoms with Crippen LogP contribution in [0.25, 0.3) is 10.9 Å². The number of anilines is 1. The lowest BCUT2D eigenvalue weighted by Gasteiger charge is -2.06. The first-order valence-corrected chi connectivity index (χ1v) is 7.95. The molecule has 0 saturated carbocycles. The predicted molar refractivity (Wildman–Crippen MR) is 91.2 cm³/mol. The number of amides is 1. The van der Waals surface area contributed by atoms with Crippen molar-refractivity contribution in [2.24, 2.45) is 0 Å². The molecule has 0 saturated heterocycles. The summed E-state index contributed by atoms with van der Waals surface area (Å²) in [4.78, 5) is 15.2. The minimum Gasteiger partial charge on any atom is -0.359 e. The molecule has 1 heterocycles. The molecule has 2 aromatic carbocycles. The van der Waals surface area contributed by atoms with E-state index in [9.17, 15) is 13.6 Å². The largest absolute Gasteiger partial charge is 0.359 e. The first-order valence-electron chi connectivity index (χ1n) is 7.95. The zero-order chi connectivity index (χ0) is 17.1. The van der Waals surface area contributed by atoms with Crippen molar-refractivity contribution >= 4 is 22.5 Å². The average molecular weight is 328 g/mol. The third-order valence-corrected chi connectivity index (χ3v) is 4.01. The van der Waals surface area contributed by atoms with Gasteiger partial charge in [0.15, 0.2) is 11.6 Å². The molecular formula is C19H18F2N2O. The number of carbonyl (C=O) groups is 1. The van der Waals surface area contributed by atoms with Gasteiger partial charge in [-0.3, -0.25) is 4.79 Å². The van der Waals surface area contributed by atoms with Crippen LogP contribution in [0.5, 0.6) is 0 Å². The van der Waals surface area contributed by atoms with Gasteiger partial charge in [0.25, 0.3) is 5.91 Å². The fourth-order valence-corrected chi connectivity index (χ4v) is 2.62. The van der Waals surface area contributed by atoms with Gasteiger partial charge < -0.3 is 10.3 Å². The number of aryl methyl sites for hydroxylation is 1. The van der Waals surface area contributed by atoms with Crippen molar-refractivity contribution in [3.8, 4) is 0 Å². The Morgan fingerprint density at radius 3 is 2.54 bits per heavy atom. The van der Waals surface area contributed by atoms with Crippen LogP contribution in [0.3, 0.4) is 0 Å². The molecule has 0 aliphatic heterocycles. The van der Waals surface area contributed by atoms with E-state index in [1.165, 1.54) is 11.8 Å². The third-order valence-electron chi connectivity index (χ3n) is 4.01. The summed E-state index contributed by atoms with van der Waals surface area (Å²) in [5.41, 5.74) is 2.56. The Balaban J connectivity index is 1.78. The average Bonchev–Trinajstić information content (AvgIpc) is 2.95. The molecule has 0 unspecified atom stereocenters. The first kappa shape index (κ1) is 16.2. The molecule has 3 aromatic rings. The van der Waals surface area contributed by atoms with Crippen molar-refractivity contribution in [3.63, 3.8) is 0 Å². The number of aromatic amines is 1. The Kier molecular flexibility index (Phi) is 4.60. The van der Waals surface area contributed by atoms with Crippen LogP contribution >= 0.6 is 0 Å². The van der Waals surface area contributed by atoms with Crippen molar-refractivity contribution in [3.05, 3.63) is 65.4 Å². The highest BCUT2D eigenvalue weighted by Crippen LogP contribution is 2.26. The maximum Gasteiger partial charge on any atom is 0.255 e. The highest BCUT2D eigenvalue weighted by atomic mass is 19.2. The van der Waals surface area contributed by atoms with Crippen LogP contribution in [0, 0.1) is 11.6 Å². The topological polar surface area (TPSA) is 44.9 Å². The minimum atomic E-state index is -0.946. The number of carbonyl (C=O) groups excluding carboxylic acids is 1. The summed E-state index contributed by atoms with van der Waals surface area (Å²) >= 11 is 0. The van der Waals surface area contributed by atoms with Crippen molar-refractivity contribution < 1.29 is 13.6 Å². The van der Waals surface area contributed by atoms with E-state index in [1.54, 1.807) is 12.1 Å². The summed E-state index contributed by atoms with van der Waals surface area (Å²) < 4.78 is 26.6. The Morgan fingerprint density at radius 2 is 1.83 bits per heavy atom. The highest BCUT2D eigenvalue weighted by molar-refractivity contribution is 6.09. The van der Waals surface area contributed by atoms with Crippen LogP contribution in [0.4, 0.5) is 14.5 Å². The molecule has 0 atom stereocenters. The van der Waals surface area contributed by atoms with Crippen LogP contribution in [0.2, 0.25) is 0 Å². The van der Waals surface area contributed by atoms with E-state index in [-0.39, 0.29) is 5.91 Å². The Bertz CT molecular complexity index is 869. The monoisotopic (exact) mass is 328 g/mol. The highest BCUT2D eigenvalue weighted by Gasteiger charge is 2.12. The van der Waals surface area contributed by atoms with Crippen LogP contribution < -0.4 is 5.32 Å². The van der Waals surface area contributed by atoms with E-state index in [1.807, 2.05) is 12.1 Å². The number of unbranched alkanes of at least 4 members (excludes halogenated alkanes) is 1. The molecule has 0 fully saturated rings. The van der Waals surface area contributed by atoms with Gasteiger partial charge >= 0.3 is 0 Å². The standard InChI is InChI=1S/C19H18F2N2O/c1-2-3-4-12-5-7-13(8-6-12)19(24)23-18-11-22-17-10-16(21)15(20)9-14(17)18/h5-11,22H,2-4H2,1H3,(H,23,24). The summed E-state index contributed by atoms with van der Waals surface area (Å²) in [6.45, 7) is 2.14. The zero-order valence-corrected chi connectivity index (χ0v) is 13.3. The van der Waals surface area contributed by atoms with Gasteiger partial charge in [-0.2, -0.15) is 0 Å². The number of hydrogen-bond acceptors (Lipinski definition) is 1. The fourth-order valence-electron chi connectivity index (χ4n) is 2.62. The summed E-state index contributed by atoms with van der Waals surface area (Å²) in [6.07, 6.45) is 4.76. The molecule has 5 heteroatoms.